The van der Waals surface area contributed by atoms with Crippen LogP contribution >= 0.6 is 0 Å². The van der Waals surface area contributed by atoms with Gasteiger partial charge in [-0.2, -0.15) is 0 Å². The molecule has 0 saturated heterocycles. The van der Waals surface area contributed by atoms with Gasteiger partial charge < -0.3 is 10.6 Å². The van der Waals surface area contributed by atoms with E-state index in [1.807, 2.05) is 0 Å². The molecule has 0 aromatic heterocycles. The van der Waals surface area contributed by atoms with Crippen molar-refractivity contribution in [2.75, 3.05) is 26.2 Å². The van der Waals surface area contributed by atoms with Crippen molar-refractivity contribution in [3.63, 3.8) is 0 Å². The summed E-state index contributed by atoms with van der Waals surface area (Å²) in [5.41, 5.74) is 4.65. The van der Waals surface area contributed by atoms with E-state index in [4.69, 9.17) is 0 Å². The number of allylic oxidation sites excluding steroid dienone is 1. The minimum Gasteiger partial charge on any atom is -0.376 e. The second-order valence-electron chi connectivity index (χ2n) is 3.39. The van der Waals surface area contributed by atoms with Gasteiger partial charge in [0.25, 0.3) is 0 Å². The Morgan fingerprint density at radius 2 is 1.71 bits per heavy atom. The lowest BCUT2D eigenvalue weighted by atomic mass is 10.7. The van der Waals surface area contributed by atoms with Gasteiger partial charge in [0.15, 0.2) is 0 Å². The van der Waals surface area contributed by atoms with Crippen molar-refractivity contribution < 1.29 is 0 Å². The molecular formula is C9H16N4Si. The molecule has 0 spiro atoms. The van der Waals surface area contributed by atoms with Crippen LogP contribution in [0.15, 0.2) is 21.8 Å². The lowest BCUT2D eigenvalue weighted by Gasteiger charge is -2.12. The summed E-state index contributed by atoms with van der Waals surface area (Å²) in [6, 6.07) is 0. The number of amidine groups is 2. The van der Waals surface area contributed by atoms with Crippen LogP contribution in [0.3, 0.4) is 0 Å². The molecule has 0 radical (unpaired) electrons. The van der Waals surface area contributed by atoms with Gasteiger partial charge >= 0.3 is 0 Å². The fourth-order valence-electron chi connectivity index (χ4n) is 1.75. The Kier molecular flexibility index (Phi) is 2.98. The largest absolute Gasteiger partial charge is 0.376 e. The average molecular weight is 208 g/mol. The monoisotopic (exact) mass is 208 g/mol. The SMILES string of the molecule is CC=C[SiH](C1=NCCN1)C1=NCCN1. The van der Waals surface area contributed by atoms with Gasteiger partial charge in [-0.15, -0.1) is 0 Å². The first-order valence-corrected chi connectivity index (χ1v) is 6.93. The number of aliphatic imine (C=N–C) groups is 2. The quantitative estimate of drug-likeness (QED) is 0.609. The third-order valence-electron chi connectivity index (χ3n) is 2.37. The average Bonchev–Trinajstić information content (AvgIpc) is 2.87. The van der Waals surface area contributed by atoms with Gasteiger partial charge in [0.05, 0.1) is 24.0 Å². The highest BCUT2D eigenvalue weighted by Gasteiger charge is 2.25. The molecule has 0 atom stereocenters. The van der Waals surface area contributed by atoms with Gasteiger partial charge in [0.2, 0.25) is 8.80 Å². The molecule has 5 heteroatoms. The summed E-state index contributed by atoms with van der Waals surface area (Å²) in [6.45, 7) is 5.88. The Labute approximate surface area is 85.8 Å². The first-order chi connectivity index (χ1) is 6.92. The fraction of sp³-hybridized carbons (Fsp3) is 0.556. The summed E-state index contributed by atoms with van der Waals surface area (Å²) in [6.07, 6.45) is 2.11. The zero-order chi connectivity index (χ0) is 9.80. The molecule has 76 valence electrons. The molecule has 4 nitrogen and oxygen atoms in total. The molecule has 2 N–H and O–H groups in total. The van der Waals surface area contributed by atoms with Crippen LogP contribution < -0.4 is 10.6 Å². The van der Waals surface area contributed by atoms with Crippen molar-refractivity contribution in [2.24, 2.45) is 9.98 Å². The molecule has 0 amide bonds. The van der Waals surface area contributed by atoms with E-state index in [0.717, 1.165) is 26.2 Å². The molecule has 0 unspecified atom stereocenters. The predicted octanol–water partition coefficient (Wildman–Crippen LogP) is -0.589. The topological polar surface area (TPSA) is 48.8 Å². The van der Waals surface area contributed by atoms with E-state index < -0.39 is 8.80 Å². The minimum atomic E-state index is -1.24. The molecule has 2 aliphatic heterocycles. The third-order valence-corrected chi connectivity index (χ3v) is 5.10. The first kappa shape index (κ1) is 9.45. The minimum absolute atomic E-state index is 0.920. The van der Waals surface area contributed by atoms with E-state index in [2.05, 4.69) is 39.3 Å². The van der Waals surface area contributed by atoms with Crippen LogP contribution in [0.2, 0.25) is 0 Å². The highest BCUT2D eigenvalue weighted by Crippen LogP contribution is 1.99. The summed E-state index contributed by atoms with van der Waals surface area (Å²) >= 11 is 0. The van der Waals surface area contributed by atoms with Crippen LogP contribution in [0, 0.1) is 0 Å². The lowest BCUT2D eigenvalue weighted by Crippen LogP contribution is -2.45. The number of hydrogen-bond acceptors (Lipinski definition) is 4. The highest BCUT2D eigenvalue weighted by molar-refractivity contribution is 7.15. The molecule has 0 fully saturated rings. The molecule has 14 heavy (non-hydrogen) atoms. The zero-order valence-corrected chi connectivity index (χ0v) is 9.61. The van der Waals surface area contributed by atoms with Gasteiger partial charge in [-0.1, -0.05) is 11.8 Å². The Bertz CT molecular complexity index is 271. The van der Waals surface area contributed by atoms with Crippen molar-refractivity contribution in [1.82, 2.24) is 10.6 Å². The Morgan fingerprint density at radius 1 is 1.14 bits per heavy atom. The maximum absolute atomic E-state index is 4.49. The molecule has 2 heterocycles. The van der Waals surface area contributed by atoms with Crippen molar-refractivity contribution in [3.05, 3.63) is 11.8 Å². The van der Waals surface area contributed by atoms with Crippen LogP contribution in [0.4, 0.5) is 0 Å². The second-order valence-corrected chi connectivity index (χ2v) is 5.82. The summed E-state index contributed by atoms with van der Waals surface area (Å²) in [5.74, 6) is 0. The smallest absolute Gasteiger partial charge is 0.211 e. The lowest BCUT2D eigenvalue weighted by molar-refractivity contribution is 0.961. The Hall–Kier alpha value is -1.10. The predicted molar refractivity (Wildman–Crippen MR) is 62.6 cm³/mol. The van der Waals surface area contributed by atoms with Crippen LogP contribution in [-0.2, 0) is 0 Å². The van der Waals surface area contributed by atoms with Crippen LogP contribution in [-0.4, -0.2) is 45.9 Å². The maximum Gasteiger partial charge on any atom is 0.211 e. The number of hydrogen-bond donors (Lipinski definition) is 2. The summed E-state index contributed by atoms with van der Waals surface area (Å²) in [5, 5.41) is 6.72. The van der Waals surface area contributed by atoms with Crippen LogP contribution in [0.5, 0.6) is 0 Å². The van der Waals surface area contributed by atoms with Crippen molar-refractivity contribution in [3.8, 4) is 0 Å². The second kappa shape index (κ2) is 4.41. The molecule has 0 saturated carbocycles. The van der Waals surface area contributed by atoms with Crippen molar-refractivity contribution >= 4 is 19.7 Å². The van der Waals surface area contributed by atoms with Crippen molar-refractivity contribution in [2.45, 2.75) is 6.92 Å². The van der Waals surface area contributed by atoms with Gasteiger partial charge in [-0.25, -0.2) is 0 Å². The molecule has 0 bridgehead atoms. The van der Waals surface area contributed by atoms with Crippen LogP contribution in [0.25, 0.3) is 0 Å². The number of nitrogens with one attached hydrogen (secondary N) is 2. The molecular weight excluding hydrogens is 192 g/mol. The molecule has 0 aliphatic carbocycles. The zero-order valence-electron chi connectivity index (χ0n) is 8.45. The van der Waals surface area contributed by atoms with Crippen LogP contribution in [0.1, 0.15) is 6.92 Å². The summed E-state index contributed by atoms with van der Waals surface area (Å²) in [4.78, 5) is 8.99. The molecule has 0 aromatic rings. The van der Waals surface area contributed by atoms with Gasteiger partial charge in [0.1, 0.15) is 0 Å². The highest BCUT2D eigenvalue weighted by atomic mass is 28.3. The van der Waals surface area contributed by atoms with Gasteiger partial charge in [-0.3, -0.25) is 9.98 Å². The normalized spacial score (nSPS) is 21.0. The number of rotatable bonds is 3. The molecule has 0 aromatic carbocycles. The van der Waals surface area contributed by atoms with E-state index in [1.165, 1.54) is 10.9 Å². The Morgan fingerprint density at radius 3 is 2.07 bits per heavy atom. The fourth-order valence-corrected chi connectivity index (χ4v) is 4.14. The summed E-state index contributed by atoms with van der Waals surface area (Å²) < 4.78 is 0. The van der Waals surface area contributed by atoms with E-state index in [-0.39, 0.29) is 0 Å². The third kappa shape index (κ3) is 1.87. The maximum atomic E-state index is 4.49. The standard InChI is InChI=1S/C9H16N4Si/c1-2-7-14(8-10-3-4-11-8)9-12-5-6-13-9/h2,7,14H,3-6H2,1H3,(H,10,11)(H,12,13). The van der Waals surface area contributed by atoms with E-state index in [1.54, 1.807) is 0 Å². The van der Waals surface area contributed by atoms with E-state index in [0.29, 0.717) is 0 Å². The first-order valence-electron chi connectivity index (χ1n) is 5.11. The molecule has 2 aliphatic rings. The summed E-state index contributed by atoms with van der Waals surface area (Å²) in [7, 11) is -1.24. The molecule has 2 rings (SSSR count). The van der Waals surface area contributed by atoms with E-state index >= 15 is 0 Å². The van der Waals surface area contributed by atoms with Gasteiger partial charge in [0, 0.05) is 13.1 Å². The van der Waals surface area contributed by atoms with Crippen molar-refractivity contribution in [1.29, 1.82) is 0 Å². The Balaban J connectivity index is 2.14. The van der Waals surface area contributed by atoms with Gasteiger partial charge in [-0.05, 0) is 6.92 Å². The van der Waals surface area contributed by atoms with E-state index in [9.17, 15) is 0 Å². The number of nitrogens with zero attached hydrogens (tertiary/aromatic N) is 2.